The number of hydrogen-bond donors (Lipinski definition) is 0. The lowest BCUT2D eigenvalue weighted by molar-refractivity contribution is 0.0981. The van der Waals surface area contributed by atoms with Crippen LogP contribution >= 0.6 is 0 Å². The molecule has 0 radical (unpaired) electrons. The van der Waals surface area contributed by atoms with E-state index in [0.29, 0.717) is 12.8 Å². The highest BCUT2D eigenvalue weighted by atomic mass is 16.1. The van der Waals surface area contributed by atoms with Gasteiger partial charge in [-0.2, -0.15) is 10.2 Å². The fraction of sp³-hybridized carbons (Fsp3) is 0.417. The Labute approximate surface area is 100 Å². The van der Waals surface area contributed by atoms with E-state index in [1.807, 2.05) is 27.1 Å². The second kappa shape index (κ2) is 4.53. The number of aromatic nitrogens is 4. The van der Waals surface area contributed by atoms with E-state index in [0.717, 1.165) is 17.0 Å². The Balaban J connectivity index is 2.03. The first-order valence-corrected chi connectivity index (χ1v) is 5.58. The fourth-order valence-corrected chi connectivity index (χ4v) is 1.90. The van der Waals surface area contributed by atoms with Crippen molar-refractivity contribution in [3.05, 3.63) is 35.4 Å². The molecule has 0 saturated carbocycles. The molecule has 0 aromatic carbocycles. The summed E-state index contributed by atoms with van der Waals surface area (Å²) in [6, 6.07) is 1.93. The van der Waals surface area contributed by atoms with Gasteiger partial charge in [0, 0.05) is 38.6 Å². The maximum absolute atomic E-state index is 12.0. The molecule has 2 aromatic heterocycles. The second-order valence-corrected chi connectivity index (χ2v) is 4.17. The molecule has 5 nitrogen and oxygen atoms in total. The van der Waals surface area contributed by atoms with Crippen molar-refractivity contribution in [2.24, 2.45) is 14.1 Å². The van der Waals surface area contributed by atoms with Crippen LogP contribution in [0.1, 0.15) is 28.2 Å². The topological polar surface area (TPSA) is 52.7 Å². The van der Waals surface area contributed by atoms with Crippen molar-refractivity contribution in [1.29, 1.82) is 0 Å². The molecule has 0 N–H and O–H groups in total. The summed E-state index contributed by atoms with van der Waals surface area (Å²) in [6.07, 6.45) is 4.73. The van der Waals surface area contributed by atoms with Gasteiger partial charge in [0.1, 0.15) is 0 Å². The average Bonchev–Trinajstić information content (AvgIpc) is 2.81. The van der Waals surface area contributed by atoms with Crippen LogP contribution in [0.15, 0.2) is 18.5 Å². The van der Waals surface area contributed by atoms with Crippen molar-refractivity contribution in [2.75, 3.05) is 0 Å². The predicted molar refractivity (Wildman–Crippen MR) is 63.8 cm³/mol. The van der Waals surface area contributed by atoms with Crippen LogP contribution in [0.2, 0.25) is 0 Å². The summed E-state index contributed by atoms with van der Waals surface area (Å²) >= 11 is 0. The first-order valence-electron chi connectivity index (χ1n) is 5.58. The molecule has 0 unspecified atom stereocenters. The lowest BCUT2D eigenvalue weighted by Gasteiger charge is -2.01. The highest BCUT2D eigenvalue weighted by Crippen LogP contribution is 2.10. The molecule has 0 saturated heterocycles. The Kier molecular flexibility index (Phi) is 3.08. The third kappa shape index (κ3) is 2.43. The minimum atomic E-state index is 0.136. The summed E-state index contributed by atoms with van der Waals surface area (Å²) in [4.78, 5) is 12.0. The normalized spacial score (nSPS) is 10.8. The summed E-state index contributed by atoms with van der Waals surface area (Å²) in [7, 11) is 3.71. The molecule has 2 aromatic rings. The number of carbonyl (C=O) groups is 1. The molecule has 2 rings (SSSR count). The summed E-state index contributed by atoms with van der Waals surface area (Å²) in [5, 5.41) is 8.25. The fourth-order valence-electron chi connectivity index (χ4n) is 1.90. The predicted octanol–water partition coefficient (Wildman–Crippen LogP) is 1.28. The van der Waals surface area contributed by atoms with Gasteiger partial charge in [0.05, 0.1) is 11.3 Å². The van der Waals surface area contributed by atoms with E-state index in [4.69, 9.17) is 0 Å². The first-order chi connectivity index (χ1) is 8.08. The van der Waals surface area contributed by atoms with Crippen LogP contribution in [0, 0.1) is 6.92 Å². The van der Waals surface area contributed by atoms with Gasteiger partial charge < -0.3 is 0 Å². The van der Waals surface area contributed by atoms with Gasteiger partial charge in [0.2, 0.25) is 0 Å². The van der Waals surface area contributed by atoms with Gasteiger partial charge in [-0.25, -0.2) is 0 Å². The quantitative estimate of drug-likeness (QED) is 0.746. The minimum absolute atomic E-state index is 0.136. The maximum atomic E-state index is 12.0. The van der Waals surface area contributed by atoms with Gasteiger partial charge in [-0.1, -0.05) is 0 Å². The lowest BCUT2D eigenvalue weighted by Crippen LogP contribution is -2.05. The first kappa shape index (κ1) is 11.6. The van der Waals surface area contributed by atoms with Crippen molar-refractivity contribution in [2.45, 2.75) is 19.8 Å². The highest BCUT2D eigenvalue weighted by molar-refractivity contribution is 5.96. The van der Waals surface area contributed by atoms with Crippen molar-refractivity contribution in [3.8, 4) is 0 Å². The van der Waals surface area contributed by atoms with Gasteiger partial charge in [-0.05, 0) is 19.4 Å². The highest BCUT2D eigenvalue weighted by Gasteiger charge is 2.13. The number of hydrogen-bond acceptors (Lipinski definition) is 3. The van der Waals surface area contributed by atoms with E-state index in [2.05, 4.69) is 10.2 Å². The zero-order valence-electron chi connectivity index (χ0n) is 10.3. The molecule has 2 heterocycles. The number of nitrogens with zero attached hydrogens (tertiary/aromatic N) is 4. The molecule has 17 heavy (non-hydrogen) atoms. The van der Waals surface area contributed by atoms with E-state index in [1.165, 1.54) is 0 Å². The largest absolute Gasteiger partial charge is 0.294 e. The number of carbonyl (C=O) groups excluding carboxylic acids is 1. The zero-order chi connectivity index (χ0) is 12.4. The van der Waals surface area contributed by atoms with Crippen molar-refractivity contribution >= 4 is 5.78 Å². The van der Waals surface area contributed by atoms with Gasteiger partial charge in [0.25, 0.3) is 0 Å². The molecule has 0 bridgehead atoms. The van der Waals surface area contributed by atoms with Crippen LogP contribution in [0.4, 0.5) is 0 Å². The minimum Gasteiger partial charge on any atom is -0.294 e. The number of ketones is 1. The molecule has 0 aliphatic heterocycles. The van der Waals surface area contributed by atoms with E-state index in [9.17, 15) is 4.79 Å². The molecule has 0 aliphatic rings. The zero-order valence-corrected chi connectivity index (χ0v) is 10.3. The Morgan fingerprint density at radius 3 is 2.71 bits per heavy atom. The summed E-state index contributed by atoms with van der Waals surface area (Å²) < 4.78 is 3.47. The van der Waals surface area contributed by atoms with Crippen molar-refractivity contribution in [3.63, 3.8) is 0 Å². The van der Waals surface area contributed by atoms with Crippen LogP contribution in [-0.4, -0.2) is 25.3 Å². The SMILES string of the molecule is Cc1nn(C)cc1C(=O)CCc1ccnn1C. The Morgan fingerprint density at radius 2 is 2.18 bits per heavy atom. The summed E-state index contributed by atoms with van der Waals surface area (Å²) in [6.45, 7) is 1.86. The Bertz CT molecular complexity index is 538. The van der Waals surface area contributed by atoms with Gasteiger partial charge in [0.15, 0.2) is 5.78 Å². The third-order valence-corrected chi connectivity index (χ3v) is 2.84. The Hall–Kier alpha value is -1.91. The number of rotatable bonds is 4. The monoisotopic (exact) mass is 232 g/mol. The molecule has 0 aliphatic carbocycles. The molecule has 0 spiro atoms. The van der Waals surface area contributed by atoms with Crippen molar-refractivity contribution in [1.82, 2.24) is 19.6 Å². The van der Waals surface area contributed by atoms with Crippen LogP contribution in [0.25, 0.3) is 0 Å². The lowest BCUT2D eigenvalue weighted by atomic mass is 10.1. The molecule has 90 valence electrons. The average molecular weight is 232 g/mol. The van der Waals surface area contributed by atoms with E-state index in [1.54, 1.807) is 21.8 Å². The molecule has 0 atom stereocenters. The molecular weight excluding hydrogens is 216 g/mol. The molecule has 0 amide bonds. The Morgan fingerprint density at radius 1 is 1.41 bits per heavy atom. The number of Topliss-reactive ketones (excluding diaryl/α,β-unsaturated/α-hetero) is 1. The third-order valence-electron chi connectivity index (χ3n) is 2.84. The number of aryl methyl sites for hydroxylation is 4. The van der Waals surface area contributed by atoms with E-state index in [-0.39, 0.29) is 5.78 Å². The van der Waals surface area contributed by atoms with E-state index < -0.39 is 0 Å². The summed E-state index contributed by atoms with van der Waals surface area (Å²) in [5.41, 5.74) is 2.58. The summed E-state index contributed by atoms with van der Waals surface area (Å²) in [5.74, 6) is 0.136. The molecule has 5 heteroatoms. The van der Waals surface area contributed by atoms with Crippen LogP contribution in [0.5, 0.6) is 0 Å². The smallest absolute Gasteiger partial charge is 0.166 e. The molecule has 0 fully saturated rings. The molecular formula is C12H16N4O. The van der Waals surface area contributed by atoms with Gasteiger partial charge >= 0.3 is 0 Å². The van der Waals surface area contributed by atoms with Crippen LogP contribution in [0.3, 0.4) is 0 Å². The van der Waals surface area contributed by atoms with Crippen molar-refractivity contribution < 1.29 is 4.79 Å². The maximum Gasteiger partial charge on any atom is 0.166 e. The standard InChI is InChI=1S/C12H16N4O/c1-9-11(8-15(2)14-9)12(17)5-4-10-6-7-13-16(10)3/h6-8H,4-5H2,1-3H3. The van der Waals surface area contributed by atoms with Crippen LogP contribution < -0.4 is 0 Å². The van der Waals surface area contributed by atoms with Gasteiger partial charge in [-0.15, -0.1) is 0 Å². The van der Waals surface area contributed by atoms with Crippen LogP contribution in [-0.2, 0) is 20.5 Å². The van der Waals surface area contributed by atoms with E-state index >= 15 is 0 Å². The second-order valence-electron chi connectivity index (χ2n) is 4.17. The van der Waals surface area contributed by atoms with Gasteiger partial charge in [-0.3, -0.25) is 14.2 Å².